The number of hydrogen-bond acceptors (Lipinski definition) is 6. The van der Waals surface area contributed by atoms with Crippen molar-refractivity contribution in [2.24, 2.45) is 0 Å². The second-order valence-corrected chi connectivity index (χ2v) is 9.54. The Bertz CT molecular complexity index is 1570. The van der Waals surface area contributed by atoms with E-state index in [0.717, 1.165) is 58.2 Å². The molecule has 0 unspecified atom stereocenters. The lowest BCUT2D eigenvalue weighted by atomic mass is 9.98. The summed E-state index contributed by atoms with van der Waals surface area (Å²) >= 11 is 0. The topological polar surface area (TPSA) is 111 Å². The molecule has 1 N–H and O–H groups in total. The number of tetrazole rings is 1. The molecule has 0 spiro atoms. The molecule has 5 aromatic rings. The van der Waals surface area contributed by atoms with Crippen molar-refractivity contribution in [2.45, 2.75) is 52.0 Å². The van der Waals surface area contributed by atoms with E-state index in [4.69, 9.17) is 0 Å². The van der Waals surface area contributed by atoms with E-state index in [2.05, 4.69) is 32.6 Å². The van der Waals surface area contributed by atoms with Gasteiger partial charge in [-0.25, -0.2) is 4.79 Å². The number of carbonyl (C=O) groups excluding carboxylic acids is 1. The molecule has 198 valence electrons. The third-order valence-electron chi connectivity index (χ3n) is 6.75. The van der Waals surface area contributed by atoms with Crippen LogP contribution in [0.1, 0.15) is 54.4 Å². The summed E-state index contributed by atoms with van der Waals surface area (Å²) in [6.45, 7) is 2.50. The van der Waals surface area contributed by atoms with E-state index in [1.54, 1.807) is 4.57 Å². The van der Waals surface area contributed by atoms with Crippen molar-refractivity contribution in [2.75, 3.05) is 0 Å². The van der Waals surface area contributed by atoms with E-state index in [1.165, 1.54) is 0 Å². The van der Waals surface area contributed by atoms with E-state index in [0.29, 0.717) is 24.6 Å². The van der Waals surface area contributed by atoms with E-state index < -0.39 is 5.69 Å². The summed E-state index contributed by atoms with van der Waals surface area (Å²) in [6, 6.07) is 25.3. The maximum Gasteiger partial charge on any atom is 0.353 e. The molecular weight excluding hydrogens is 490 g/mol. The number of aromatic nitrogens is 7. The Labute approximate surface area is 226 Å². The summed E-state index contributed by atoms with van der Waals surface area (Å²) < 4.78 is 2.68. The minimum absolute atomic E-state index is 0.127. The number of benzene rings is 3. The number of hydrogen-bond donors (Lipinski definition) is 1. The number of H-pyrrole nitrogens is 1. The molecule has 0 aliphatic carbocycles. The minimum atomic E-state index is -0.395. The molecule has 9 heteroatoms. The average molecular weight is 522 g/mol. The zero-order valence-electron chi connectivity index (χ0n) is 22.0. The quantitative estimate of drug-likeness (QED) is 0.246. The van der Waals surface area contributed by atoms with Gasteiger partial charge in [-0.2, -0.15) is 5.21 Å². The molecule has 2 heterocycles. The standard InChI is InChI=1S/C30H31N7O2/c1-2-3-4-8-15-27-33-37(28(38)20-22-11-6-5-7-12-22)30(39)36(27)21-23-16-18-24(19-17-23)25-13-9-10-14-26(25)29-31-34-35-32-29/h5-7,9-14,16-19H,2-4,8,15,20-21H2,1H3,(H,31,32,34,35). The van der Waals surface area contributed by atoms with Crippen LogP contribution in [-0.4, -0.2) is 40.9 Å². The Hall–Kier alpha value is -4.66. The molecule has 9 nitrogen and oxygen atoms in total. The molecule has 0 aliphatic rings. The fourth-order valence-electron chi connectivity index (χ4n) is 4.68. The van der Waals surface area contributed by atoms with Gasteiger partial charge in [-0.05, 0) is 33.9 Å². The van der Waals surface area contributed by atoms with Gasteiger partial charge in [-0.3, -0.25) is 9.36 Å². The summed E-state index contributed by atoms with van der Waals surface area (Å²) in [5, 5.41) is 18.9. The molecule has 0 fully saturated rings. The van der Waals surface area contributed by atoms with Crippen LogP contribution in [0.4, 0.5) is 0 Å². The van der Waals surface area contributed by atoms with E-state index in [1.807, 2.05) is 78.9 Å². The third kappa shape index (κ3) is 6.09. The van der Waals surface area contributed by atoms with Gasteiger partial charge in [0.2, 0.25) is 5.82 Å². The van der Waals surface area contributed by atoms with Gasteiger partial charge in [0, 0.05) is 12.0 Å². The molecule has 0 atom stereocenters. The highest BCUT2D eigenvalue weighted by atomic mass is 16.2. The molecule has 5 rings (SSSR count). The van der Waals surface area contributed by atoms with Crippen molar-refractivity contribution in [1.29, 1.82) is 0 Å². The highest BCUT2D eigenvalue weighted by Crippen LogP contribution is 2.29. The first-order valence-corrected chi connectivity index (χ1v) is 13.3. The number of aromatic amines is 1. The molecule has 39 heavy (non-hydrogen) atoms. The molecule has 0 amide bonds. The number of unbranched alkanes of at least 4 members (excludes halogenated alkanes) is 3. The molecular formula is C30H31N7O2. The van der Waals surface area contributed by atoms with Crippen LogP contribution < -0.4 is 5.69 Å². The Morgan fingerprint density at radius 2 is 1.59 bits per heavy atom. The Morgan fingerprint density at radius 1 is 0.846 bits per heavy atom. The van der Waals surface area contributed by atoms with E-state index in [-0.39, 0.29) is 12.3 Å². The van der Waals surface area contributed by atoms with Crippen LogP contribution in [0.2, 0.25) is 0 Å². The summed E-state index contributed by atoms with van der Waals surface area (Å²) in [5.74, 6) is 0.846. The van der Waals surface area contributed by atoms with Crippen molar-refractivity contribution in [1.82, 2.24) is 35.0 Å². The number of aryl methyl sites for hydroxylation is 1. The summed E-state index contributed by atoms with van der Waals surface area (Å²) in [7, 11) is 0. The van der Waals surface area contributed by atoms with Crippen LogP contribution >= 0.6 is 0 Å². The molecule has 3 aromatic carbocycles. The lowest BCUT2D eigenvalue weighted by molar-refractivity contribution is 0.0892. The SMILES string of the molecule is CCCCCCc1nn(C(=O)Cc2ccccc2)c(=O)n1Cc1ccc(-c2ccccc2-c2nn[nH]n2)cc1. The van der Waals surface area contributed by atoms with Gasteiger partial charge in [0.05, 0.1) is 13.0 Å². The van der Waals surface area contributed by atoms with Crippen molar-refractivity contribution in [3.8, 4) is 22.5 Å². The third-order valence-corrected chi connectivity index (χ3v) is 6.75. The molecule has 0 radical (unpaired) electrons. The molecule has 0 bridgehead atoms. The first kappa shape index (κ1) is 26.0. The number of carbonyl (C=O) groups is 1. The second-order valence-electron chi connectivity index (χ2n) is 9.54. The largest absolute Gasteiger partial charge is 0.353 e. The first-order valence-electron chi connectivity index (χ1n) is 13.3. The zero-order valence-corrected chi connectivity index (χ0v) is 22.0. The highest BCUT2D eigenvalue weighted by molar-refractivity contribution is 5.81. The van der Waals surface area contributed by atoms with E-state index in [9.17, 15) is 9.59 Å². The van der Waals surface area contributed by atoms with Crippen molar-refractivity contribution in [3.63, 3.8) is 0 Å². The van der Waals surface area contributed by atoms with Gasteiger partial charge >= 0.3 is 5.69 Å². The average Bonchev–Trinajstić information content (AvgIpc) is 3.61. The number of rotatable bonds is 11. The van der Waals surface area contributed by atoms with Crippen LogP contribution in [0.25, 0.3) is 22.5 Å². The van der Waals surface area contributed by atoms with Crippen LogP contribution in [-0.2, 0) is 19.4 Å². The molecule has 0 saturated carbocycles. The van der Waals surface area contributed by atoms with Gasteiger partial charge in [-0.1, -0.05) is 105 Å². The van der Waals surface area contributed by atoms with Gasteiger partial charge in [-0.15, -0.1) is 20.0 Å². The van der Waals surface area contributed by atoms with Crippen molar-refractivity contribution >= 4 is 5.91 Å². The zero-order chi connectivity index (χ0) is 27.0. The molecule has 2 aromatic heterocycles. The van der Waals surface area contributed by atoms with Crippen LogP contribution in [0.5, 0.6) is 0 Å². The van der Waals surface area contributed by atoms with Crippen molar-refractivity contribution in [3.05, 3.63) is 106 Å². The van der Waals surface area contributed by atoms with Gasteiger partial charge in [0.15, 0.2) is 0 Å². The molecule has 0 saturated heterocycles. The lowest BCUT2D eigenvalue weighted by Gasteiger charge is -2.09. The van der Waals surface area contributed by atoms with Crippen molar-refractivity contribution < 1.29 is 4.79 Å². The number of nitrogens with one attached hydrogen (secondary N) is 1. The first-order chi connectivity index (χ1) is 19.1. The summed E-state index contributed by atoms with van der Waals surface area (Å²) in [4.78, 5) is 26.4. The summed E-state index contributed by atoms with van der Waals surface area (Å²) in [5.41, 5.74) is 4.27. The predicted octanol–water partition coefficient (Wildman–Crippen LogP) is 4.95. The van der Waals surface area contributed by atoms with Crippen LogP contribution in [0.3, 0.4) is 0 Å². The Balaban J connectivity index is 1.40. The smallest absolute Gasteiger partial charge is 0.274 e. The van der Waals surface area contributed by atoms with Gasteiger partial charge < -0.3 is 0 Å². The second kappa shape index (κ2) is 12.3. The van der Waals surface area contributed by atoms with E-state index >= 15 is 0 Å². The monoisotopic (exact) mass is 521 g/mol. The fraction of sp³-hybridized carbons (Fsp3) is 0.267. The number of nitrogens with zero attached hydrogens (tertiary/aromatic N) is 6. The Morgan fingerprint density at radius 3 is 2.31 bits per heavy atom. The maximum atomic E-state index is 13.4. The lowest BCUT2D eigenvalue weighted by Crippen LogP contribution is -2.31. The van der Waals surface area contributed by atoms with Crippen LogP contribution in [0, 0.1) is 0 Å². The summed E-state index contributed by atoms with van der Waals surface area (Å²) in [6.07, 6.45) is 5.01. The van der Waals surface area contributed by atoms with Gasteiger partial charge in [0.25, 0.3) is 5.91 Å². The highest BCUT2D eigenvalue weighted by Gasteiger charge is 2.19. The maximum absolute atomic E-state index is 13.4. The fourth-order valence-corrected chi connectivity index (χ4v) is 4.68. The Kier molecular flexibility index (Phi) is 8.16. The van der Waals surface area contributed by atoms with Crippen LogP contribution in [0.15, 0.2) is 83.7 Å². The predicted molar refractivity (Wildman–Crippen MR) is 149 cm³/mol. The molecule has 0 aliphatic heterocycles. The van der Waals surface area contributed by atoms with Gasteiger partial charge in [0.1, 0.15) is 5.82 Å². The minimum Gasteiger partial charge on any atom is -0.274 e. The normalized spacial score (nSPS) is 11.1.